The maximum atomic E-state index is 10.3. The molecule has 2 heteroatoms. The highest BCUT2D eigenvalue weighted by molar-refractivity contribution is 5.52. The van der Waals surface area contributed by atoms with Crippen molar-refractivity contribution < 1.29 is 9.53 Å². The van der Waals surface area contributed by atoms with Crippen LogP contribution in [0.1, 0.15) is 12.5 Å². The van der Waals surface area contributed by atoms with Gasteiger partial charge in [0.15, 0.2) is 0 Å². The Balaban J connectivity index is 2.54. The molecule has 0 aromatic heterocycles. The van der Waals surface area contributed by atoms with E-state index in [0.717, 1.165) is 17.6 Å². The second-order valence-corrected chi connectivity index (χ2v) is 3.19. The highest BCUT2D eigenvalue weighted by Crippen LogP contribution is 2.16. The van der Waals surface area contributed by atoms with Gasteiger partial charge in [0.1, 0.15) is 12.0 Å². The molecule has 0 heterocycles. The Labute approximate surface area is 78.5 Å². The Hall–Kier alpha value is -1.31. The molecule has 1 atom stereocenters. The Morgan fingerprint density at radius 1 is 1.46 bits per heavy atom. The molecule has 0 aliphatic carbocycles. The van der Waals surface area contributed by atoms with E-state index in [1.165, 1.54) is 0 Å². The number of rotatable bonds is 4. The summed E-state index contributed by atoms with van der Waals surface area (Å²) in [7, 11) is 0. The molecule has 0 saturated carbocycles. The zero-order valence-electron chi connectivity index (χ0n) is 7.99. The summed E-state index contributed by atoms with van der Waals surface area (Å²) in [5.41, 5.74) is 1.10. The van der Waals surface area contributed by atoms with Gasteiger partial charge in [0.25, 0.3) is 0 Å². The molecule has 0 bridgehead atoms. The van der Waals surface area contributed by atoms with Crippen molar-refractivity contribution in [1.29, 1.82) is 0 Å². The fraction of sp³-hybridized carbons (Fsp3) is 0.364. The standard InChI is InChI=1S/C11H14O2/c1-9(7-12)8-13-11-6-4-3-5-10(11)2/h3-7,9H,8H2,1-2H3. The van der Waals surface area contributed by atoms with E-state index in [9.17, 15) is 4.79 Å². The van der Waals surface area contributed by atoms with Crippen LogP contribution in [0.15, 0.2) is 24.3 Å². The van der Waals surface area contributed by atoms with Gasteiger partial charge in [-0.25, -0.2) is 0 Å². The largest absolute Gasteiger partial charge is 0.493 e. The van der Waals surface area contributed by atoms with Gasteiger partial charge in [0.2, 0.25) is 0 Å². The fourth-order valence-electron chi connectivity index (χ4n) is 0.979. The summed E-state index contributed by atoms with van der Waals surface area (Å²) in [6.45, 7) is 4.28. The van der Waals surface area contributed by atoms with Crippen molar-refractivity contribution in [3.63, 3.8) is 0 Å². The molecule has 0 aliphatic heterocycles. The number of ether oxygens (including phenoxy) is 1. The average molecular weight is 178 g/mol. The van der Waals surface area contributed by atoms with E-state index in [-0.39, 0.29) is 5.92 Å². The van der Waals surface area contributed by atoms with Crippen molar-refractivity contribution in [2.24, 2.45) is 5.92 Å². The van der Waals surface area contributed by atoms with Gasteiger partial charge >= 0.3 is 0 Å². The second-order valence-electron chi connectivity index (χ2n) is 3.19. The smallest absolute Gasteiger partial charge is 0.126 e. The molecule has 0 radical (unpaired) electrons. The first-order valence-electron chi connectivity index (χ1n) is 4.37. The van der Waals surface area contributed by atoms with Crippen LogP contribution in [0.2, 0.25) is 0 Å². The third-order valence-corrected chi connectivity index (χ3v) is 1.83. The van der Waals surface area contributed by atoms with Crippen LogP contribution >= 0.6 is 0 Å². The zero-order chi connectivity index (χ0) is 9.68. The topological polar surface area (TPSA) is 26.3 Å². The average Bonchev–Trinajstić information content (AvgIpc) is 2.16. The molecule has 1 unspecified atom stereocenters. The van der Waals surface area contributed by atoms with E-state index in [1.807, 2.05) is 38.1 Å². The second kappa shape index (κ2) is 4.65. The highest BCUT2D eigenvalue weighted by Gasteiger charge is 2.02. The summed E-state index contributed by atoms with van der Waals surface area (Å²) in [6.07, 6.45) is 0.901. The van der Waals surface area contributed by atoms with Gasteiger partial charge in [0.05, 0.1) is 6.61 Å². The molecule has 1 aromatic carbocycles. The molecule has 0 aliphatic rings. The van der Waals surface area contributed by atoms with Gasteiger partial charge < -0.3 is 9.53 Å². The minimum Gasteiger partial charge on any atom is -0.493 e. The molecule has 13 heavy (non-hydrogen) atoms. The van der Waals surface area contributed by atoms with Crippen molar-refractivity contribution in [2.75, 3.05) is 6.61 Å². The van der Waals surface area contributed by atoms with Gasteiger partial charge in [0, 0.05) is 5.92 Å². The fourth-order valence-corrected chi connectivity index (χ4v) is 0.979. The maximum absolute atomic E-state index is 10.3. The molecule has 70 valence electrons. The predicted octanol–water partition coefficient (Wildman–Crippen LogP) is 2.21. The number of hydrogen-bond donors (Lipinski definition) is 0. The molecule has 0 amide bonds. The Morgan fingerprint density at radius 3 is 2.77 bits per heavy atom. The van der Waals surface area contributed by atoms with Crippen LogP contribution in [0, 0.1) is 12.8 Å². The van der Waals surface area contributed by atoms with Gasteiger partial charge in [-0.3, -0.25) is 0 Å². The van der Waals surface area contributed by atoms with E-state index in [0.29, 0.717) is 6.61 Å². The number of carbonyl (C=O) groups excluding carboxylic acids is 1. The van der Waals surface area contributed by atoms with Crippen molar-refractivity contribution in [2.45, 2.75) is 13.8 Å². The lowest BCUT2D eigenvalue weighted by atomic mass is 10.2. The Bertz CT molecular complexity index is 281. The van der Waals surface area contributed by atoms with Gasteiger partial charge in [-0.2, -0.15) is 0 Å². The summed E-state index contributed by atoms with van der Waals surface area (Å²) >= 11 is 0. The molecule has 1 rings (SSSR count). The lowest BCUT2D eigenvalue weighted by Crippen LogP contribution is -2.09. The lowest BCUT2D eigenvalue weighted by molar-refractivity contribution is -0.111. The quantitative estimate of drug-likeness (QED) is 0.661. The van der Waals surface area contributed by atoms with Crippen molar-refractivity contribution in [3.8, 4) is 5.75 Å². The summed E-state index contributed by atoms with van der Waals surface area (Å²) in [5.74, 6) is 0.816. The van der Waals surface area contributed by atoms with Crippen LogP contribution in [0.3, 0.4) is 0 Å². The Morgan fingerprint density at radius 2 is 2.15 bits per heavy atom. The third kappa shape index (κ3) is 2.90. The minimum atomic E-state index is -0.0420. The SMILES string of the molecule is Cc1ccccc1OCC(C)C=O. The van der Waals surface area contributed by atoms with Crippen LogP contribution in [-0.4, -0.2) is 12.9 Å². The predicted molar refractivity (Wildman–Crippen MR) is 51.9 cm³/mol. The van der Waals surface area contributed by atoms with E-state index < -0.39 is 0 Å². The summed E-state index contributed by atoms with van der Waals surface area (Å²) in [5, 5.41) is 0. The number of hydrogen-bond acceptors (Lipinski definition) is 2. The minimum absolute atomic E-state index is 0.0420. The van der Waals surface area contributed by atoms with Crippen LogP contribution in [0.5, 0.6) is 5.75 Å². The molecule has 0 saturated heterocycles. The van der Waals surface area contributed by atoms with Crippen LogP contribution < -0.4 is 4.74 Å². The molecular weight excluding hydrogens is 164 g/mol. The Kier molecular flexibility index (Phi) is 3.50. The highest BCUT2D eigenvalue weighted by atomic mass is 16.5. The summed E-state index contributed by atoms with van der Waals surface area (Å²) < 4.78 is 5.46. The summed E-state index contributed by atoms with van der Waals surface area (Å²) in [6, 6.07) is 7.78. The van der Waals surface area contributed by atoms with E-state index in [4.69, 9.17) is 4.74 Å². The molecule has 2 nitrogen and oxygen atoms in total. The van der Waals surface area contributed by atoms with Gasteiger partial charge in [-0.15, -0.1) is 0 Å². The molecule has 0 fully saturated rings. The third-order valence-electron chi connectivity index (χ3n) is 1.83. The van der Waals surface area contributed by atoms with E-state index in [1.54, 1.807) is 0 Å². The number of benzene rings is 1. The zero-order valence-corrected chi connectivity index (χ0v) is 7.99. The first kappa shape index (κ1) is 9.78. The maximum Gasteiger partial charge on any atom is 0.126 e. The van der Waals surface area contributed by atoms with Crippen LogP contribution in [0.4, 0.5) is 0 Å². The monoisotopic (exact) mass is 178 g/mol. The van der Waals surface area contributed by atoms with Crippen LogP contribution in [-0.2, 0) is 4.79 Å². The number of carbonyl (C=O) groups is 1. The first-order chi connectivity index (χ1) is 6.24. The van der Waals surface area contributed by atoms with Crippen molar-refractivity contribution in [1.82, 2.24) is 0 Å². The molecular formula is C11H14O2. The van der Waals surface area contributed by atoms with E-state index in [2.05, 4.69) is 0 Å². The van der Waals surface area contributed by atoms with Gasteiger partial charge in [-0.05, 0) is 18.6 Å². The number of aryl methyl sites for hydroxylation is 1. The normalized spacial score (nSPS) is 12.2. The van der Waals surface area contributed by atoms with E-state index >= 15 is 0 Å². The van der Waals surface area contributed by atoms with Crippen molar-refractivity contribution in [3.05, 3.63) is 29.8 Å². The lowest BCUT2D eigenvalue weighted by Gasteiger charge is -2.09. The molecule has 0 spiro atoms. The molecule has 0 N–H and O–H groups in total. The summed E-state index contributed by atoms with van der Waals surface area (Å²) in [4.78, 5) is 10.3. The number of aldehydes is 1. The number of para-hydroxylation sites is 1. The first-order valence-corrected chi connectivity index (χ1v) is 4.37. The van der Waals surface area contributed by atoms with Crippen LogP contribution in [0.25, 0.3) is 0 Å². The van der Waals surface area contributed by atoms with Gasteiger partial charge in [-0.1, -0.05) is 25.1 Å². The molecule has 1 aromatic rings. The van der Waals surface area contributed by atoms with Crippen molar-refractivity contribution >= 4 is 6.29 Å².